The van der Waals surface area contributed by atoms with E-state index in [9.17, 15) is 9.59 Å². The summed E-state index contributed by atoms with van der Waals surface area (Å²) in [6.07, 6.45) is 13.0. The minimum atomic E-state index is -0.550. The van der Waals surface area contributed by atoms with Gasteiger partial charge in [0, 0.05) is 19.4 Å². The summed E-state index contributed by atoms with van der Waals surface area (Å²) in [5.41, 5.74) is 5.68. The zero-order valence-corrected chi connectivity index (χ0v) is 11.1. The Bertz CT molecular complexity index is 366. The molecule has 0 spiro atoms. The molecule has 0 saturated heterocycles. The molecule has 0 unspecified atom stereocenters. The minimum absolute atomic E-state index is 0.0472. The van der Waals surface area contributed by atoms with Crippen LogP contribution in [0.4, 0.5) is 0 Å². The van der Waals surface area contributed by atoms with Crippen LogP contribution in [-0.2, 0) is 9.59 Å². The normalized spacial score (nSPS) is 10.9. The van der Waals surface area contributed by atoms with Crippen LogP contribution in [0.3, 0.4) is 0 Å². The largest absolute Gasteiger partial charge is 0.356 e. The molecule has 2 amide bonds. The van der Waals surface area contributed by atoms with Gasteiger partial charge in [-0.05, 0) is 19.3 Å². The number of nitrogens with one attached hydrogen (secondary N) is 2. The summed E-state index contributed by atoms with van der Waals surface area (Å²) in [7, 11) is 0. The predicted molar refractivity (Wildman–Crippen MR) is 74.7 cm³/mol. The van der Waals surface area contributed by atoms with Gasteiger partial charge in [-0.1, -0.05) is 5.92 Å². The van der Waals surface area contributed by atoms with Crippen LogP contribution in [0.2, 0.25) is 0 Å². The summed E-state index contributed by atoms with van der Waals surface area (Å²) in [5, 5.41) is 5.28. The van der Waals surface area contributed by atoms with Crippen LogP contribution in [0.15, 0.2) is 0 Å². The number of terminal acetylenes is 2. The lowest BCUT2D eigenvalue weighted by Crippen LogP contribution is -2.40. The van der Waals surface area contributed by atoms with Crippen molar-refractivity contribution in [3.8, 4) is 24.7 Å². The van der Waals surface area contributed by atoms with E-state index in [2.05, 4.69) is 22.5 Å². The second-order valence-electron chi connectivity index (χ2n) is 4.08. The van der Waals surface area contributed by atoms with Crippen molar-refractivity contribution in [1.29, 1.82) is 0 Å². The molecule has 0 aliphatic carbocycles. The summed E-state index contributed by atoms with van der Waals surface area (Å²) in [5.74, 6) is 4.43. The fraction of sp³-hybridized carbons (Fsp3) is 0.571. The van der Waals surface area contributed by atoms with Gasteiger partial charge >= 0.3 is 0 Å². The Morgan fingerprint density at radius 1 is 1.16 bits per heavy atom. The number of hydrogen-bond acceptors (Lipinski definition) is 3. The van der Waals surface area contributed by atoms with Crippen molar-refractivity contribution in [1.82, 2.24) is 10.6 Å². The summed E-state index contributed by atoms with van der Waals surface area (Å²) in [4.78, 5) is 22.6. The van der Waals surface area contributed by atoms with Gasteiger partial charge in [0.25, 0.3) is 0 Å². The highest BCUT2D eigenvalue weighted by atomic mass is 16.2. The Kier molecular flexibility index (Phi) is 9.97. The number of carbonyl (C=O) groups excluding carboxylic acids is 2. The SMILES string of the molecule is C#CCCC(=O)NCCCC[C@H](N)C(=O)NCC#C. The van der Waals surface area contributed by atoms with Gasteiger partial charge < -0.3 is 16.4 Å². The molecule has 104 valence electrons. The van der Waals surface area contributed by atoms with Crippen LogP contribution in [0.25, 0.3) is 0 Å². The Morgan fingerprint density at radius 2 is 1.89 bits per heavy atom. The van der Waals surface area contributed by atoms with Gasteiger partial charge in [-0.25, -0.2) is 0 Å². The fourth-order valence-corrected chi connectivity index (χ4v) is 1.39. The van der Waals surface area contributed by atoms with E-state index in [0.717, 1.165) is 12.8 Å². The molecule has 0 aromatic heterocycles. The summed E-state index contributed by atoms with van der Waals surface area (Å²) in [6, 6.07) is -0.550. The first-order chi connectivity index (χ1) is 9.11. The van der Waals surface area contributed by atoms with E-state index in [1.54, 1.807) is 0 Å². The van der Waals surface area contributed by atoms with Crippen molar-refractivity contribution >= 4 is 11.8 Å². The lowest BCUT2D eigenvalue weighted by atomic mass is 10.1. The van der Waals surface area contributed by atoms with Crippen molar-refractivity contribution in [2.75, 3.05) is 13.1 Å². The molecular formula is C14H21N3O2. The average molecular weight is 263 g/mol. The van der Waals surface area contributed by atoms with E-state index in [-0.39, 0.29) is 18.4 Å². The predicted octanol–water partition coefficient (Wildman–Crippen LogP) is -0.237. The molecule has 1 atom stereocenters. The number of rotatable bonds is 9. The van der Waals surface area contributed by atoms with Crippen molar-refractivity contribution in [3.63, 3.8) is 0 Å². The third-order valence-corrected chi connectivity index (χ3v) is 2.46. The highest BCUT2D eigenvalue weighted by molar-refractivity contribution is 5.81. The summed E-state index contributed by atoms with van der Waals surface area (Å²) in [6.45, 7) is 0.764. The third-order valence-electron chi connectivity index (χ3n) is 2.46. The third kappa shape index (κ3) is 9.70. The smallest absolute Gasteiger partial charge is 0.237 e. The van der Waals surface area contributed by atoms with Crippen molar-refractivity contribution in [3.05, 3.63) is 0 Å². The zero-order chi connectivity index (χ0) is 14.5. The van der Waals surface area contributed by atoms with Crippen molar-refractivity contribution < 1.29 is 9.59 Å². The first-order valence-electron chi connectivity index (χ1n) is 6.28. The van der Waals surface area contributed by atoms with E-state index in [1.807, 2.05) is 0 Å². The maximum atomic E-state index is 11.4. The van der Waals surface area contributed by atoms with Gasteiger partial charge in [0.05, 0.1) is 12.6 Å². The van der Waals surface area contributed by atoms with Crippen LogP contribution >= 0.6 is 0 Å². The quantitative estimate of drug-likeness (QED) is 0.396. The molecular weight excluding hydrogens is 242 g/mol. The van der Waals surface area contributed by atoms with Crippen LogP contribution < -0.4 is 16.4 Å². The van der Waals surface area contributed by atoms with E-state index in [4.69, 9.17) is 18.6 Å². The summed E-state index contributed by atoms with van der Waals surface area (Å²) < 4.78 is 0. The number of amides is 2. The van der Waals surface area contributed by atoms with Gasteiger partial charge in [-0.3, -0.25) is 9.59 Å². The van der Waals surface area contributed by atoms with E-state index < -0.39 is 6.04 Å². The van der Waals surface area contributed by atoms with Crippen molar-refractivity contribution in [2.24, 2.45) is 5.73 Å². The van der Waals surface area contributed by atoms with Gasteiger partial charge in [0.2, 0.25) is 11.8 Å². The maximum absolute atomic E-state index is 11.4. The molecule has 0 rings (SSSR count). The second kappa shape index (κ2) is 11.1. The maximum Gasteiger partial charge on any atom is 0.237 e. The van der Waals surface area contributed by atoms with Gasteiger partial charge in [-0.2, -0.15) is 0 Å². The second-order valence-corrected chi connectivity index (χ2v) is 4.08. The van der Waals surface area contributed by atoms with Gasteiger partial charge in [0.15, 0.2) is 0 Å². The topological polar surface area (TPSA) is 84.2 Å². The van der Waals surface area contributed by atoms with E-state index >= 15 is 0 Å². The molecule has 0 aromatic carbocycles. The fourth-order valence-electron chi connectivity index (χ4n) is 1.39. The average Bonchev–Trinajstić information content (AvgIpc) is 2.41. The highest BCUT2D eigenvalue weighted by Crippen LogP contribution is 1.98. The molecule has 4 N–H and O–H groups in total. The molecule has 5 heteroatoms. The summed E-state index contributed by atoms with van der Waals surface area (Å²) >= 11 is 0. The number of carbonyl (C=O) groups is 2. The number of nitrogens with two attached hydrogens (primary N) is 1. The molecule has 0 aliphatic rings. The molecule has 0 fully saturated rings. The monoisotopic (exact) mass is 263 g/mol. The minimum Gasteiger partial charge on any atom is -0.356 e. The first-order valence-corrected chi connectivity index (χ1v) is 6.28. The molecule has 0 heterocycles. The first kappa shape index (κ1) is 17.0. The lowest BCUT2D eigenvalue weighted by molar-refractivity contribution is -0.122. The molecule has 0 bridgehead atoms. The molecule has 0 saturated carbocycles. The molecule has 19 heavy (non-hydrogen) atoms. The Balaban J connectivity index is 3.54. The highest BCUT2D eigenvalue weighted by Gasteiger charge is 2.11. The van der Waals surface area contributed by atoms with Gasteiger partial charge in [0.1, 0.15) is 0 Å². The van der Waals surface area contributed by atoms with Crippen LogP contribution in [-0.4, -0.2) is 30.9 Å². The number of unbranched alkanes of at least 4 members (excludes halogenated alkanes) is 1. The molecule has 0 aliphatic heterocycles. The number of hydrogen-bond donors (Lipinski definition) is 3. The standard InChI is InChI=1S/C14H21N3O2/c1-3-5-9-13(18)16-11-7-6-8-12(15)14(19)17-10-4-2/h1-2,12H,5-11,15H2,(H,16,18)(H,17,19)/t12-/m0/s1. The van der Waals surface area contributed by atoms with Crippen LogP contribution in [0.1, 0.15) is 32.1 Å². The Hall–Kier alpha value is -1.98. The van der Waals surface area contributed by atoms with Crippen LogP contribution in [0, 0.1) is 24.7 Å². The molecule has 0 aromatic rings. The zero-order valence-electron chi connectivity index (χ0n) is 11.1. The Morgan fingerprint density at radius 3 is 2.53 bits per heavy atom. The van der Waals surface area contributed by atoms with Crippen LogP contribution in [0.5, 0.6) is 0 Å². The van der Waals surface area contributed by atoms with Crippen molar-refractivity contribution in [2.45, 2.75) is 38.1 Å². The lowest BCUT2D eigenvalue weighted by Gasteiger charge is -2.10. The van der Waals surface area contributed by atoms with E-state index in [1.165, 1.54) is 0 Å². The van der Waals surface area contributed by atoms with E-state index in [0.29, 0.717) is 25.8 Å². The molecule has 5 nitrogen and oxygen atoms in total. The Labute approximate surface area is 114 Å². The van der Waals surface area contributed by atoms with Gasteiger partial charge in [-0.15, -0.1) is 18.8 Å². The molecule has 0 radical (unpaired) electrons.